The van der Waals surface area contributed by atoms with E-state index in [1.807, 2.05) is 30.3 Å². The SMILES string of the molecule is COc1cc(/C=C2\C(=O)NC(=O)N(c3ccc(OCc4ccccc4)cc3)C2=O)cc(Br)c1OS(=O)(=O)c1ccccc1. The molecule has 5 rings (SSSR count). The van der Waals surface area contributed by atoms with Gasteiger partial charge >= 0.3 is 16.1 Å². The summed E-state index contributed by atoms with van der Waals surface area (Å²) in [6.45, 7) is 0.339. The first-order chi connectivity index (χ1) is 20.7. The third-order valence-corrected chi connectivity index (χ3v) is 8.06. The molecular weight excluding hydrogens is 640 g/mol. The molecule has 4 aromatic rings. The van der Waals surface area contributed by atoms with Crippen molar-refractivity contribution in [3.05, 3.63) is 118 Å². The molecule has 0 saturated carbocycles. The summed E-state index contributed by atoms with van der Waals surface area (Å²) in [7, 11) is -2.88. The van der Waals surface area contributed by atoms with Crippen molar-refractivity contribution in [2.45, 2.75) is 11.5 Å². The van der Waals surface area contributed by atoms with Crippen LogP contribution in [0.25, 0.3) is 6.08 Å². The van der Waals surface area contributed by atoms with Gasteiger partial charge in [0.25, 0.3) is 11.8 Å². The fraction of sp³-hybridized carbons (Fsp3) is 0.0645. The number of barbiturate groups is 1. The summed E-state index contributed by atoms with van der Waals surface area (Å²) in [5.74, 6) is -1.33. The molecular formula is C31H23BrN2O8S. The Balaban J connectivity index is 1.39. The van der Waals surface area contributed by atoms with Crippen LogP contribution in [-0.2, 0) is 26.3 Å². The number of amides is 4. The van der Waals surface area contributed by atoms with Gasteiger partial charge in [0.15, 0.2) is 11.5 Å². The Morgan fingerprint density at radius 3 is 2.19 bits per heavy atom. The number of hydrogen-bond donors (Lipinski definition) is 1. The molecule has 218 valence electrons. The predicted molar refractivity (Wildman–Crippen MR) is 161 cm³/mol. The van der Waals surface area contributed by atoms with Gasteiger partial charge in [0.1, 0.15) is 22.8 Å². The maximum Gasteiger partial charge on any atom is 0.339 e. The van der Waals surface area contributed by atoms with Crippen molar-refractivity contribution in [1.82, 2.24) is 5.32 Å². The molecule has 0 unspecified atom stereocenters. The number of carbonyl (C=O) groups excluding carboxylic acids is 3. The minimum atomic E-state index is -4.19. The van der Waals surface area contributed by atoms with Crippen LogP contribution in [0.5, 0.6) is 17.2 Å². The van der Waals surface area contributed by atoms with Crippen LogP contribution < -0.4 is 23.9 Å². The minimum absolute atomic E-state index is 0.0171. The first-order valence-corrected chi connectivity index (χ1v) is 14.9. The maximum absolute atomic E-state index is 13.4. The first kappa shape index (κ1) is 29.5. The molecule has 0 aliphatic carbocycles. The fourth-order valence-corrected chi connectivity index (χ4v) is 5.77. The monoisotopic (exact) mass is 662 g/mol. The van der Waals surface area contributed by atoms with Crippen molar-refractivity contribution < 1.29 is 36.5 Å². The topological polar surface area (TPSA) is 128 Å². The van der Waals surface area contributed by atoms with Crippen molar-refractivity contribution in [2.24, 2.45) is 0 Å². The van der Waals surface area contributed by atoms with Gasteiger partial charge in [-0.05, 0) is 81.7 Å². The van der Waals surface area contributed by atoms with Gasteiger partial charge in [-0.15, -0.1) is 0 Å². The molecule has 1 aliphatic heterocycles. The molecule has 1 saturated heterocycles. The third-order valence-electron chi connectivity index (χ3n) is 6.23. The Hall–Kier alpha value is -4.94. The molecule has 0 atom stereocenters. The van der Waals surface area contributed by atoms with Crippen LogP contribution in [0.2, 0.25) is 0 Å². The van der Waals surface area contributed by atoms with Crippen LogP contribution in [0.1, 0.15) is 11.1 Å². The number of methoxy groups -OCH3 is 1. The molecule has 12 heteroatoms. The van der Waals surface area contributed by atoms with E-state index in [1.165, 1.54) is 49.6 Å². The highest BCUT2D eigenvalue weighted by Crippen LogP contribution is 2.39. The Labute approximate surface area is 255 Å². The molecule has 0 spiro atoms. The molecule has 1 aliphatic rings. The Bertz CT molecular complexity index is 1830. The van der Waals surface area contributed by atoms with E-state index in [9.17, 15) is 22.8 Å². The zero-order chi connectivity index (χ0) is 30.6. The maximum atomic E-state index is 13.4. The highest BCUT2D eigenvalue weighted by molar-refractivity contribution is 9.10. The second-order valence-electron chi connectivity index (χ2n) is 9.11. The number of halogens is 1. The number of carbonyl (C=O) groups is 3. The Morgan fingerprint density at radius 1 is 0.884 bits per heavy atom. The molecule has 1 N–H and O–H groups in total. The van der Waals surface area contributed by atoms with E-state index in [1.54, 1.807) is 30.3 Å². The Kier molecular flexibility index (Phi) is 8.60. The molecule has 4 amide bonds. The van der Waals surface area contributed by atoms with Crippen LogP contribution in [0, 0.1) is 0 Å². The molecule has 1 fully saturated rings. The van der Waals surface area contributed by atoms with Crippen LogP contribution in [0.4, 0.5) is 10.5 Å². The number of anilines is 1. The average molecular weight is 664 g/mol. The lowest BCUT2D eigenvalue weighted by Gasteiger charge is -2.26. The first-order valence-electron chi connectivity index (χ1n) is 12.7. The van der Waals surface area contributed by atoms with Gasteiger partial charge in [0, 0.05) is 0 Å². The number of urea groups is 1. The molecule has 43 heavy (non-hydrogen) atoms. The van der Waals surface area contributed by atoms with Gasteiger partial charge in [-0.3, -0.25) is 14.9 Å². The highest BCUT2D eigenvalue weighted by Gasteiger charge is 2.37. The van der Waals surface area contributed by atoms with E-state index in [4.69, 9.17) is 13.7 Å². The van der Waals surface area contributed by atoms with Crippen molar-refractivity contribution in [1.29, 1.82) is 0 Å². The standard InChI is InChI=1S/C31H23BrN2O8S/c1-40-27-18-21(17-26(32)28(27)42-43(38,39)24-10-6-3-7-11-24)16-25-29(35)33-31(37)34(30(25)36)22-12-14-23(15-13-22)41-19-20-8-4-2-5-9-20/h2-18H,19H2,1H3,(H,33,35,37)/b25-16+. The van der Waals surface area contributed by atoms with E-state index in [0.717, 1.165) is 10.5 Å². The van der Waals surface area contributed by atoms with E-state index >= 15 is 0 Å². The number of hydrogen-bond acceptors (Lipinski definition) is 8. The van der Waals surface area contributed by atoms with Crippen LogP contribution in [-0.4, -0.2) is 33.4 Å². The summed E-state index contributed by atoms with van der Waals surface area (Å²) >= 11 is 3.29. The second-order valence-corrected chi connectivity index (χ2v) is 11.5. The van der Waals surface area contributed by atoms with E-state index in [-0.39, 0.29) is 32.1 Å². The van der Waals surface area contributed by atoms with E-state index in [0.29, 0.717) is 17.9 Å². The average Bonchev–Trinajstić information content (AvgIpc) is 3.01. The van der Waals surface area contributed by atoms with Gasteiger partial charge in [-0.1, -0.05) is 48.5 Å². The molecule has 4 aromatic carbocycles. The molecule has 0 radical (unpaired) electrons. The van der Waals surface area contributed by atoms with E-state index in [2.05, 4.69) is 21.2 Å². The minimum Gasteiger partial charge on any atom is -0.493 e. The van der Waals surface area contributed by atoms with Crippen LogP contribution in [0.3, 0.4) is 0 Å². The summed E-state index contributed by atoms with van der Waals surface area (Å²) in [6.07, 6.45) is 1.26. The number of ether oxygens (including phenoxy) is 2. The number of imide groups is 2. The van der Waals surface area contributed by atoms with E-state index < -0.39 is 28.0 Å². The summed E-state index contributed by atoms with van der Waals surface area (Å²) in [4.78, 5) is 39.6. The summed E-state index contributed by atoms with van der Waals surface area (Å²) in [5.41, 5.74) is 1.17. The fourth-order valence-electron chi connectivity index (χ4n) is 4.14. The van der Waals surface area contributed by atoms with Crippen molar-refractivity contribution >= 4 is 55.7 Å². The summed E-state index contributed by atoms with van der Waals surface area (Å²) in [6, 6.07) is 25.4. The smallest absolute Gasteiger partial charge is 0.339 e. The van der Waals surface area contributed by atoms with Crippen LogP contribution in [0.15, 0.2) is 112 Å². The molecule has 0 aromatic heterocycles. The van der Waals surface area contributed by atoms with Gasteiger partial charge in [-0.2, -0.15) is 8.42 Å². The normalized spacial score (nSPS) is 14.4. The summed E-state index contributed by atoms with van der Waals surface area (Å²) < 4.78 is 42.2. The third kappa shape index (κ3) is 6.60. The number of nitrogens with one attached hydrogen (secondary N) is 1. The molecule has 1 heterocycles. The zero-order valence-electron chi connectivity index (χ0n) is 22.5. The largest absolute Gasteiger partial charge is 0.493 e. The number of benzene rings is 4. The Morgan fingerprint density at radius 2 is 1.53 bits per heavy atom. The van der Waals surface area contributed by atoms with Gasteiger partial charge < -0.3 is 13.7 Å². The molecule has 10 nitrogen and oxygen atoms in total. The van der Waals surface area contributed by atoms with Crippen molar-refractivity contribution in [3.63, 3.8) is 0 Å². The predicted octanol–water partition coefficient (Wildman–Crippen LogP) is 5.47. The van der Waals surface area contributed by atoms with Crippen molar-refractivity contribution in [2.75, 3.05) is 12.0 Å². The van der Waals surface area contributed by atoms with Crippen LogP contribution >= 0.6 is 15.9 Å². The lowest BCUT2D eigenvalue weighted by molar-refractivity contribution is -0.122. The van der Waals surface area contributed by atoms with Gasteiger partial charge in [0.2, 0.25) is 0 Å². The van der Waals surface area contributed by atoms with Crippen molar-refractivity contribution in [3.8, 4) is 17.2 Å². The zero-order valence-corrected chi connectivity index (χ0v) is 24.9. The lowest BCUT2D eigenvalue weighted by Crippen LogP contribution is -2.54. The number of nitrogens with zero attached hydrogens (tertiary/aromatic N) is 1. The lowest BCUT2D eigenvalue weighted by atomic mass is 10.1. The second kappa shape index (κ2) is 12.5. The van der Waals surface area contributed by atoms with Gasteiger partial charge in [-0.25, -0.2) is 9.69 Å². The highest BCUT2D eigenvalue weighted by atomic mass is 79.9. The number of rotatable bonds is 9. The quantitative estimate of drug-likeness (QED) is 0.142. The van der Waals surface area contributed by atoms with Gasteiger partial charge in [0.05, 0.1) is 17.3 Å². The summed E-state index contributed by atoms with van der Waals surface area (Å²) in [5, 5.41) is 2.17. The molecule has 0 bridgehead atoms.